The molecule has 0 N–H and O–H groups in total. The molecule has 4 heteroatoms. The summed E-state index contributed by atoms with van der Waals surface area (Å²) >= 11 is 0. The summed E-state index contributed by atoms with van der Waals surface area (Å²) < 4.78 is 5.96. The number of nitrogens with zero attached hydrogens (tertiary/aromatic N) is 2. The Kier molecular flexibility index (Phi) is 3.88. The first kappa shape index (κ1) is 16.5. The number of fused-ring (bicyclic) bond motifs is 2. The SMILES string of the molecule is COC1(C)c2cc(N(C)C)ccc2C(=O)c2ccc(N(C)C)cc21. The van der Waals surface area contributed by atoms with Gasteiger partial charge in [0.1, 0.15) is 5.60 Å². The van der Waals surface area contributed by atoms with E-state index in [1.165, 1.54) is 0 Å². The Labute approximate surface area is 143 Å². The molecule has 0 heterocycles. The molecule has 126 valence electrons. The number of anilines is 2. The normalized spacial score (nSPS) is 14.8. The van der Waals surface area contributed by atoms with E-state index in [1.807, 2.05) is 69.2 Å². The van der Waals surface area contributed by atoms with Crippen LogP contribution in [0.3, 0.4) is 0 Å². The molecule has 0 amide bonds. The molecule has 1 aliphatic rings. The summed E-state index contributed by atoms with van der Waals surface area (Å²) in [5.41, 5.74) is 4.73. The molecular formula is C20H24N2O2. The van der Waals surface area contributed by atoms with Gasteiger partial charge in [0, 0.05) is 68.9 Å². The summed E-state index contributed by atoms with van der Waals surface area (Å²) in [6.45, 7) is 2.04. The van der Waals surface area contributed by atoms with Gasteiger partial charge in [0.2, 0.25) is 0 Å². The van der Waals surface area contributed by atoms with Crippen LogP contribution in [0.5, 0.6) is 0 Å². The topological polar surface area (TPSA) is 32.8 Å². The van der Waals surface area contributed by atoms with Crippen LogP contribution in [0.4, 0.5) is 11.4 Å². The largest absolute Gasteiger partial charge is 0.378 e. The molecule has 0 fully saturated rings. The number of hydrogen-bond donors (Lipinski definition) is 0. The fourth-order valence-corrected chi connectivity index (χ4v) is 3.32. The second-order valence-corrected chi connectivity index (χ2v) is 6.82. The Morgan fingerprint density at radius 2 is 1.25 bits per heavy atom. The summed E-state index contributed by atoms with van der Waals surface area (Å²) in [5.74, 6) is 0.0603. The Bertz CT molecular complexity index is 748. The third-order valence-electron chi connectivity index (χ3n) is 4.96. The smallest absolute Gasteiger partial charge is 0.193 e. The van der Waals surface area contributed by atoms with Gasteiger partial charge in [0.15, 0.2) is 5.78 Å². The van der Waals surface area contributed by atoms with E-state index in [4.69, 9.17) is 4.74 Å². The molecule has 0 spiro atoms. The van der Waals surface area contributed by atoms with E-state index in [1.54, 1.807) is 7.11 Å². The van der Waals surface area contributed by atoms with Crippen LogP contribution in [0.2, 0.25) is 0 Å². The first-order valence-electron chi connectivity index (χ1n) is 8.03. The summed E-state index contributed by atoms with van der Waals surface area (Å²) in [4.78, 5) is 17.1. The number of methoxy groups -OCH3 is 1. The molecule has 0 aromatic heterocycles. The Hall–Kier alpha value is -2.33. The molecule has 24 heavy (non-hydrogen) atoms. The minimum atomic E-state index is -0.656. The van der Waals surface area contributed by atoms with Gasteiger partial charge in [-0.15, -0.1) is 0 Å². The standard InChI is InChI=1S/C20H24N2O2/c1-20(24-6)17-11-13(21(2)3)7-9-15(17)19(23)16-10-8-14(22(4)5)12-18(16)20/h7-12H,1-6H3. The Morgan fingerprint density at radius 3 is 1.58 bits per heavy atom. The second kappa shape index (κ2) is 5.64. The Morgan fingerprint density at radius 1 is 0.833 bits per heavy atom. The van der Waals surface area contributed by atoms with Crippen molar-refractivity contribution in [1.29, 1.82) is 0 Å². The van der Waals surface area contributed by atoms with Crippen LogP contribution in [0.15, 0.2) is 36.4 Å². The molecule has 4 nitrogen and oxygen atoms in total. The second-order valence-electron chi connectivity index (χ2n) is 6.82. The highest BCUT2D eigenvalue weighted by atomic mass is 16.5. The molecular weight excluding hydrogens is 300 g/mol. The van der Waals surface area contributed by atoms with E-state index in [0.29, 0.717) is 0 Å². The number of hydrogen-bond acceptors (Lipinski definition) is 4. The molecule has 0 unspecified atom stereocenters. The van der Waals surface area contributed by atoms with Gasteiger partial charge < -0.3 is 14.5 Å². The van der Waals surface area contributed by atoms with E-state index < -0.39 is 5.60 Å². The number of benzene rings is 2. The lowest BCUT2D eigenvalue weighted by atomic mass is 9.74. The lowest BCUT2D eigenvalue weighted by Crippen LogP contribution is -2.35. The zero-order valence-corrected chi connectivity index (χ0v) is 15.2. The quantitative estimate of drug-likeness (QED) is 0.867. The highest BCUT2D eigenvalue weighted by molar-refractivity contribution is 6.13. The van der Waals surface area contributed by atoms with Gasteiger partial charge in [0.25, 0.3) is 0 Å². The predicted molar refractivity (Wildman–Crippen MR) is 98.4 cm³/mol. The van der Waals surface area contributed by atoms with Crippen molar-refractivity contribution in [3.63, 3.8) is 0 Å². The van der Waals surface area contributed by atoms with Crippen molar-refractivity contribution in [1.82, 2.24) is 0 Å². The molecule has 2 aromatic rings. The van der Waals surface area contributed by atoms with Crippen molar-refractivity contribution in [2.24, 2.45) is 0 Å². The van der Waals surface area contributed by atoms with E-state index in [2.05, 4.69) is 12.1 Å². The maximum atomic E-state index is 13.0. The predicted octanol–water partition coefficient (Wildman–Crippen LogP) is 3.27. The minimum Gasteiger partial charge on any atom is -0.378 e. The van der Waals surface area contributed by atoms with Gasteiger partial charge in [0.05, 0.1) is 0 Å². The van der Waals surface area contributed by atoms with Gasteiger partial charge in [-0.1, -0.05) is 0 Å². The van der Waals surface area contributed by atoms with Crippen molar-refractivity contribution in [2.45, 2.75) is 12.5 Å². The van der Waals surface area contributed by atoms with Gasteiger partial charge >= 0.3 is 0 Å². The molecule has 3 rings (SSSR count). The fraction of sp³-hybridized carbons (Fsp3) is 0.350. The van der Waals surface area contributed by atoms with Crippen LogP contribution in [-0.4, -0.2) is 41.1 Å². The van der Waals surface area contributed by atoms with Gasteiger partial charge in [-0.2, -0.15) is 0 Å². The molecule has 0 saturated heterocycles. The first-order valence-corrected chi connectivity index (χ1v) is 8.03. The van der Waals surface area contributed by atoms with Crippen LogP contribution in [0, 0.1) is 0 Å². The third-order valence-corrected chi connectivity index (χ3v) is 4.96. The van der Waals surface area contributed by atoms with E-state index >= 15 is 0 Å². The molecule has 0 atom stereocenters. The van der Waals surface area contributed by atoms with Gasteiger partial charge in [-0.05, 0) is 43.3 Å². The summed E-state index contributed by atoms with van der Waals surface area (Å²) in [6, 6.07) is 11.9. The lowest BCUT2D eigenvalue weighted by Gasteiger charge is -2.37. The van der Waals surface area contributed by atoms with Crippen molar-refractivity contribution in [2.75, 3.05) is 45.1 Å². The maximum absolute atomic E-state index is 13.0. The molecule has 0 radical (unpaired) electrons. The number of carbonyl (C=O) groups is 1. The van der Waals surface area contributed by atoms with E-state index in [0.717, 1.165) is 33.6 Å². The van der Waals surface area contributed by atoms with Crippen LogP contribution in [0.1, 0.15) is 34.0 Å². The number of ketones is 1. The number of carbonyl (C=O) groups excluding carboxylic acids is 1. The van der Waals surface area contributed by atoms with Crippen molar-refractivity contribution < 1.29 is 9.53 Å². The highest BCUT2D eigenvalue weighted by Gasteiger charge is 2.41. The molecule has 2 aromatic carbocycles. The van der Waals surface area contributed by atoms with Crippen molar-refractivity contribution in [3.8, 4) is 0 Å². The minimum absolute atomic E-state index is 0.0603. The van der Waals surface area contributed by atoms with Crippen LogP contribution in [-0.2, 0) is 10.3 Å². The molecule has 0 saturated carbocycles. The monoisotopic (exact) mass is 324 g/mol. The van der Waals surface area contributed by atoms with Crippen molar-refractivity contribution in [3.05, 3.63) is 58.7 Å². The van der Waals surface area contributed by atoms with Crippen LogP contribution < -0.4 is 9.80 Å². The fourth-order valence-electron chi connectivity index (χ4n) is 3.32. The summed E-state index contributed by atoms with van der Waals surface area (Å²) in [6.07, 6.45) is 0. The van der Waals surface area contributed by atoms with Crippen LogP contribution >= 0.6 is 0 Å². The van der Waals surface area contributed by atoms with Gasteiger partial charge in [-0.25, -0.2) is 0 Å². The molecule has 0 aliphatic heterocycles. The molecule has 1 aliphatic carbocycles. The van der Waals surface area contributed by atoms with Crippen LogP contribution in [0.25, 0.3) is 0 Å². The average molecular weight is 324 g/mol. The summed E-state index contributed by atoms with van der Waals surface area (Å²) in [5, 5.41) is 0. The average Bonchev–Trinajstić information content (AvgIpc) is 2.58. The summed E-state index contributed by atoms with van der Waals surface area (Å²) in [7, 11) is 9.68. The highest BCUT2D eigenvalue weighted by Crippen LogP contribution is 2.44. The maximum Gasteiger partial charge on any atom is 0.193 e. The van der Waals surface area contributed by atoms with Crippen molar-refractivity contribution >= 4 is 17.2 Å². The number of rotatable bonds is 3. The first-order chi connectivity index (χ1) is 11.3. The van der Waals surface area contributed by atoms with Gasteiger partial charge in [-0.3, -0.25) is 4.79 Å². The Balaban J connectivity index is 2.29. The zero-order valence-electron chi connectivity index (χ0n) is 15.2. The van der Waals surface area contributed by atoms with E-state index in [9.17, 15) is 4.79 Å². The number of ether oxygens (including phenoxy) is 1. The van der Waals surface area contributed by atoms with E-state index in [-0.39, 0.29) is 5.78 Å². The zero-order chi connectivity index (χ0) is 17.6. The lowest BCUT2D eigenvalue weighted by molar-refractivity contribution is 0.0353. The molecule has 0 bridgehead atoms. The third kappa shape index (κ3) is 2.29.